The molecule has 0 aliphatic heterocycles. The van der Waals surface area contributed by atoms with Gasteiger partial charge < -0.3 is 10.6 Å². The molecule has 1 aromatic rings. The molecule has 0 spiro atoms. The van der Waals surface area contributed by atoms with E-state index in [4.69, 9.17) is 0 Å². The van der Waals surface area contributed by atoms with Crippen molar-refractivity contribution in [2.24, 2.45) is 0 Å². The van der Waals surface area contributed by atoms with E-state index in [9.17, 15) is 22.8 Å². The summed E-state index contributed by atoms with van der Waals surface area (Å²) in [6.07, 6.45) is -4.62. The van der Waals surface area contributed by atoms with Gasteiger partial charge in [-0.15, -0.1) is 0 Å². The van der Waals surface area contributed by atoms with E-state index in [0.29, 0.717) is 12.1 Å². The van der Waals surface area contributed by atoms with Gasteiger partial charge in [-0.1, -0.05) is 6.92 Å². The molecule has 2 N–H and O–H groups in total. The average molecular weight is 260 g/mol. The molecule has 0 unspecified atom stereocenters. The molecule has 0 aromatic heterocycles. The highest BCUT2D eigenvalue weighted by molar-refractivity contribution is 5.95. The largest absolute Gasteiger partial charge is 0.471 e. The van der Waals surface area contributed by atoms with Crippen molar-refractivity contribution in [2.75, 3.05) is 10.6 Å². The SMILES string of the molecule is CCC(=O)Nc1ccc(NC(=O)C(F)(F)F)cc1. The highest BCUT2D eigenvalue weighted by atomic mass is 19.4. The molecule has 0 heterocycles. The first-order valence-electron chi connectivity index (χ1n) is 5.11. The Hall–Kier alpha value is -2.05. The summed E-state index contributed by atoms with van der Waals surface area (Å²) in [5, 5.41) is 4.23. The van der Waals surface area contributed by atoms with Crippen molar-refractivity contribution in [1.82, 2.24) is 0 Å². The van der Waals surface area contributed by atoms with E-state index < -0.39 is 12.1 Å². The summed E-state index contributed by atoms with van der Waals surface area (Å²) in [5.74, 6) is -2.24. The number of alkyl halides is 3. The second kappa shape index (κ2) is 5.52. The highest BCUT2D eigenvalue weighted by Gasteiger charge is 2.38. The van der Waals surface area contributed by atoms with Gasteiger partial charge in [-0.3, -0.25) is 9.59 Å². The second-order valence-electron chi connectivity index (χ2n) is 3.43. The van der Waals surface area contributed by atoms with Crippen LogP contribution < -0.4 is 10.6 Å². The topological polar surface area (TPSA) is 58.2 Å². The Balaban J connectivity index is 2.66. The van der Waals surface area contributed by atoms with Crippen molar-refractivity contribution < 1.29 is 22.8 Å². The van der Waals surface area contributed by atoms with Crippen LogP contribution in [0.4, 0.5) is 24.5 Å². The lowest BCUT2D eigenvalue weighted by Crippen LogP contribution is -2.29. The smallest absolute Gasteiger partial charge is 0.326 e. The zero-order chi connectivity index (χ0) is 13.8. The Morgan fingerprint density at radius 1 is 1.06 bits per heavy atom. The standard InChI is InChI=1S/C11H11F3N2O2/c1-2-9(17)15-7-3-5-8(6-4-7)16-10(18)11(12,13)14/h3-6H,2H2,1H3,(H,15,17)(H,16,18). The van der Waals surface area contributed by atoms with Crippen LogP contribution in [0.5, 0.6) is 0 Å². The maximum atomic E-state index is 12.0. The molecule has 0 fully saturated rings. The van der Waals surface area contributed by atoms with Gasteiger partial charge in [0.15, 0.2) is 0 Å². The van der Waals surface area contributed by atoms with Crippen LogP contribution in [0.15, 0.2) is 24.3 Å². The lowest BCUT2D eigenvalue weighted by atomic mass is 10.2. The number of rotatable bonds is 3. The van der Waals surface area contributed by atoms with Crippen molar-refractivity contribution >= 4 is 23.2 Å². The van der Waals surface area contributed by atoms with Crippen molar-refractivity contribution in [3.05, 3.63) is 24.3 Å². The molecule has 0 saturated carbocycles. The molecule has 4 nitrogen and oxygen atoms in total. The number of halogens is 3. The van der Waals surface area contributed by atoms with Crippen LogP contribution in [-0.2, 0) is 9.59 Å². The minimum atomic E-state index is -4.92. The fourth-order valence-electron chi connectivity index (χ4n) is 1.09. The van der Waals surface area contributed by atoms with Crippen LogP contribution in [0.2, 0.25) is 0 Å². The number of benzene rings is 1. The Morgan fingerprint density at radius 3 is 1.89 bits per heavy atom. The minimum Gasteiger partial charge on any atom is -0.326 e. The Bertz CT molecular complexity index is 441. The van der Waals surface area contributed by atoms with Crippen LogP contribution in [-0.4, -0.2) is 18.0 Å². The van der Waals surface area contributed by atoms with Crippen LogP contribution in [0, 0.1) is 0 Å². The number of amides is 2. The maximum absolute atomic E-state index is 12.0. The maximum Gasteiger partial charge on any atom is 0.471 e. The molecule has 2 amide bonds. The van der Waals surface area contributed by atoms with Gasteiger partial charge >= 0.3 is 12.1 Å². The summed E-state index contributed by atoms with van der Waals surface area (Å²) in [7, 11) is 0. The highest BCUT2D eigenvalue weighted by Crippen LogP contribution is 2.19. The van der Waals surface area contributed by atoms with E-state index in [1.54, 1.807) is 12.2 Å². The van der Waals surface area contributed by atoms with Crippen molar-refractivity contribution in [3.63, 3.8) is 0 Å². The predicted octanol–water partition coefficient (Wildman–Crippen LogP) is 2.54. The summed E-state index contributed by atoms with van der Waals surface area (Å²) in [4.78, 5) is 21.7. The number of anilines is 2. The molecule has 1 aromatic carbocycles. The quantitative estimate of drug-likeness (QED) is 0.877. The van der Waals surface area contributed by atoms with Gasteiger partial charge in [0.2, 0.25) is 5.91 Å². The van der Waals surface area contributed by atoms with Gasteiger partial charge in [0.1, 0.15) is 0 Å². The molecular weight excluding hydrogens is 249 g/mol. The fraction of sp³-hybridized carbons (Fsp3) is 0.273. The van der Waals surface area contributed by atoms with Gasteiger partial charge in [0.05, 0.1) is 0 Å². The zero-order valence-corrected chi connectivity index (χ0v) is 9.47. The molecule has 0 saturated heterocycles. The molecule has 0 atom stereocenters. The monoisotopic (exact) mass is 260 g/mol. The summed E-state index contributed by atoms with van der Waals surface area (Å²) < 4.78 is 35.9. The van der Waals surface area contributed by atoms with E-state index in [-0.39, 0.29) is 11.6 Å². The number of nitrogens with one attached hydrogen (secondary N) is 2. The van der Waals surface area contributed by atoms with Crippen molar-refractivity contribution in [1.29, 1.82) is 0 Å². The van der Waals surface area contributed by atoms with Gasteiger partial charge in [0, 0.05) is 17.8 Å². The zero-order valence-electron chi connectivity index (χ0n) is 9.47. The normalized spacial score (nSPS) is 10.9. The van der Waals surface area contributed by atoms with E-state index in [0.717, 1.165) is 0 Å². The van der Waals surface area contributed by atoms with Crippen LogP contribution in [0.3, 0.4) is 0 Å². The first-order valence-corrected chi connectivity index (χ1v) is 5.11. The van der Waals surface area contributed by atoms with Gasteiger partial charge in [-0.25, -0.2) is 0 Å². The molecule has 18 heavy (non-hydrogen) atoms. The van der Waals surface area contributed by atoms with E-state index >= 15 is 0 Å². The Morgan fingerprint density at radius 2 is 1.50 bits per heavy atom. The number of carbonyl (C=O) groups excluding carboxylic acids is 2. The first-order chi connectivity index (χ1) is 8.32. The molecular formula is C11H11F3N2O2. The number of hydrogen-bond donors (Lipinski definition) is 2. The van der Waals surface area contributed by atoms with E-state index in [1.807, 2.05) is 0 Å². The molecule has 0 aliphatic rings. The second-order valence-corrected chi connectivity index (χ2v) is 3.43. The van der Waals surface area contributed by atoms with Gasteiger partial charge in [0.25, 0.3) is 0 Å². The van der Waals surface area contributed by atoms with E-state index in [1.165, 1.54) is 24.3 Å². The third-order valence-corrected chi connectivity index (χ3v) is 2.01. The Labute approximate surface area is 101 Å². The third-order valence-electron chi connectivity index (χ3n) is 2.01. The molecule has 7 heteroatoms. The van der Waals surface area contributed by atoms with Crippen LogP contribution >= 0.6 is 0 Å². The third kappa shape index (κ3) is 4.08. The van der Waals surface area contributed by atoms with Crippen molar-refractivity contribution in [2.45, 2.75) is 19.5 Å². The van der Waals surface area contributed by atoms with Crippen LogP contribution in [0.1, 0.15) is 13.3 Å². The summed E-state index contributed by atoms with van der Waals surface area (Å²) in [5.41, 5.74) is 0.457. The predicted molar refractivity (Wildman–Crippen MR) is 60.0 cm³/mol. The number of hydrogen-bond acceptors (Lipinski definition) is 2. The summed E-state index contributed by atoms with van der Waals surface area (Å²) in [6, 6.07) is 5.35. The van der Waals surface area contributed by atoms with Crippen molar-refractivity contribution in [3.8, 4) is 0 Å². The number of carbonyl (C=O) groups is 2. The molecule has 0 bridgehead atoms. The lowest BCUT2D eigenvalue weighted by molar-refractivity contribution is -0.167. The molecule has 0 aliphatic carbocycles. The first kappa shape index (κ1) is 14.0. The Kier molecular flexibility index (Phi) is 4.30. The molecule has 98 valence electrons. The average Bonchev–Trinajstić information content (AvgIpc) is 2.30. The summed E-state index contributed by atoms with van der Waals surface area (Å²) in [6.45, 7) is 1.67. The minimum absolute atomic E-state index is 0.00632. The summed E-state index contributed by atoms with van der Waals surface area (Å²) >= 11 is 0. The molecule has 1 rings (SSSR count). The fourth-order valence-corrected chi connectivity index (χ4v) is 1.09. The van der Waals surface area contributed by atoms with E-state index in [2.05, 4.69) is 5.32 Å². The lowest BCUT2D eigenvalue weighted by Gasteiger charge is -2.09. The van der Waals surface area contributed by atoms with Gasteiger partial charge in [-0.2, -0.15) is 13.2 Å². The van der Waals surface area contributed by atoms with Gasteiger partial charge in [-0.05, 0) is 24.3 Å². The van der Waals surface area contributed by atoms with Crippen LogP contribution in [0.25, 0.3) is 0 Å². The molecule has 0 radical (unpaired) electrons.